The van der Waals surface area contributed by atoms with Gasteiger partial charge in [-0.3, -0.25) is 9.79 Å². The predicted molar refractivity (Wildman–Crippen MR) is 118 cm³/mol. The van der Waals surface area contributed by atoms with Gasteiger partial charge >= 0.3 is 0 Å². The lowest BCUT2D eigenvalue weighted by Crippen LogP contribution is -2.13. The summed E-state index contributed by atoms with van der Waals surface area (Å²) in [4.78, 5) is 16.9. The van der Waals surface area contributed by atoms with Crippen molar-refractivity contribution in [3.05, 3.63) is 71.3 Å². The van der Waals surface area contributed by atoms with Crippen molar-refractivity contribution in [1.82, 2.24) is 0 Å². The zero-order valence-electron chi connectivity index (χ0n) is 16.2. The molecule has 1 N–H and O–H groups in total. The Labute approximate surface area is 166 Å². The van der Waals surface area contributed by atoms with Crippen molar-refractivity contribution in [1.29, 1.82) is 0 Å². The number of amidine groups is 1. The molecule has 0 fully saturated rings. The van der Waals surface area contributed by atoms with Crippen molar-refractivity contribution in [3.63, 3.8) is 0 Å². The highest BCUT2D eigenvalue weighted by Crippen LogP contribution is 2.22. The SMILES string of the molecule is CC(C)(C)c1ccc(/C=C/C(=O)c2ccc(NC3=NCCCS3)cc2)cc1. The van der Waals surface area contributed by atoms with Crippen LogP contribution >= 0.6 is 11.8 Å². The molecule has 0 aliphatic carbocycles. The van der Waals surface area contributed by atoms with Crippen LogP contribution in [0.25, 0.3) is 6.08 Å². The Balaban J connectivity index is 1.62. The van der Waals surface area contributed by atoms with E-state index in [0.29, 0.717) is 5.56 Å². The molecule has 140 valence electrons. The number of anilines is 1. The third-order valence-electron chi connectivity index (χ3n) is 4.42. The van der Waals surface area contributed by atoms with Gasteiger partial charge in [0.2, 0.25) is 0 Å². The van der Waals surface area contributed by atoms with E-state index in [1.807, 2.05) is 30.3 Å². The van der Waals surface area contributed by atoms with Gasteiger partial charge < -0.3 is 5.32 Å². The van der Waals surface area contributed by atoms with Crippen molar-refractivity contribution >= 4 is 34.5 Å². The van der Waals surface area contributed by atoms with E-state index >= 15 is 0 Å². The number of carbonyl (C=O) groups is 1. The average Bonchev–Trinajstić information content (AvgIpc) is 2.67. The van der Waals surface area contributed by atoms with Crippen LogP contribution in [0.1, 0.15) is 48.7 Å². The number of ketones is 1. The molecule has 0 bridgehead atoms. The molecule has 0 saturated carbocycles. The molecular weight excluding hydrogens is 352 g/mol. The number of hydrogen-bond acceptors (Lipinski definition) is 4. The maximum Gasteiger partial charge on any atom is 0.185 e. The lowest BCUT2D eigenvalue weighted by Gasteiger charge is -2.18. The summed E-state index contributed by atoms with van der Waals surface area (Å²) in [5.74, 6) is 1.11. The quantitative estimate of drug-likeness (QED) is 0.541. The van der Waals surface area contributed by atoms with Gasteiger partial charge in [-0.1, -0.05) is 62.9 Å². The summed E-state index contributed by atoms with van der Waals surface area (Å²) in [7, 11) is 0. The summed E-state index contributed by atoms with van der Waals surface area (Å²) in [5, 5.41) is 4.26. The Morgan fingerprint density at radius 2 is 1.78 bits per heavy atom. The molecule has 3 rings (SSSR count). The molecule has 1 aliphatic heterocycles. The van der Waals surface area contributed by atoms with Crippen molar-refractivity contribution in [2.75, 3.05) is 17.6 Å². The van der Waals surface area contributed by atoms with Crippen LogP contribution < -0.4 is 5.32 Å². The Kier molecular flexibility index (Phi) is 6.17. The fourth-order valence-electron chi connectivity index (χ4n) is 2.74. The van der Waals surface area contributed by atoms with E-state index < -0.39 is 0 Å². The lowest BCUT2D eigenvalue weighted by atomic mass is 9.87. The van der Waals surface area contributed by atoms with Crippen LogP contribution in [0.2, 0.25) is 0 Å². The summed E-state index contributed by atoms with van der Waals surface area (Å²) < 4.78 is 0. The first-order chi connectivity index (χ1) is 12.9. The minimum atomic E-state index is 0.00540. The van der Waals surface area contributed by atoms with E-state index in [0.717, 1.165) is 35.1 Å². The highest BCUT2D eigenvalue weighted by atomic mass is 32.2. The number of nitrogens with zero attached hydrogens (tertiary/aromatic N) is 1. The molecule has 0 aromatic heterocycles. The minimum Gasteiger partial charge on any atom is -0.335 e. The van der Waals surface area contributed by atoms with Crippen LogP contribution in [0.5, 0.6) is 0 Å². The molecule has 0 radical (unpaired) electrons. The van der Waals surface area contributed by atoms with Gasteiger partial charge in [-0.15, -0.1) is 0 Å². The Morgan fingerprint density at radius 1 is 1.07 bits per heavy atom. The number of rotatable bonds is 4. The highest BCUT2D eigenvalue weighted by Gasteiger charge is 2.12. The Hall–Kier alpha value is -2.33. The van der Waals surface area contributed by atoms with Gasteiger partial charge in [0.05, 0.1) is 0 Å². The van der Waals surface area contributed by atoms with Crippen LogP contribution in [0, 0.1) is 0 Å². The summed E-state index contributed by atoms with van der Waals surface area (Å²) in [5.41, 5.74) is 4.09. The molecule has 2 aromatic carbocycles. The Morgan fingerprint density at radius 3 is 2.37 bits per heavy atom. The molecule has 1 heterocycles. The molecule has 27 heavy (non-hydrogen) atoms. The monoisotopic (exact) mass is 378 g/mol. The average molecular weight is 379 g/mol. The molecule has 0 atom stereocenters. The van der Waals surface area contributed by atoms with Crippen molar-refractivity contribution < 1.29 is 4.79 Å². The normalized spacial score (nSPS) is 14.9. The van der Waals surface area contributed by atoms with E-state index in [-0.39, 0.29) is 11.2 Å². The van der Waals surface area contributed by atoms with Gasteiger partial charge in [-0.2, -0.15) is 0 Å². The van der Waals surface area contributed by atoms with E-state index in [1.54, 1.807) is 17.8 Å². The molecule has 2 aromatic rings. The molecule has 0 unspecified atom stereocenters. The number of hydrogen-bond donors (Lipinski definition) is 1. The maximum atomic E-state index is 12.4. The van der Waals surface area contributed by atoms with Crippen LogP contribution in [0.15, 0.2) is 59.6 Å². The van der Waals surface area contributed by atoms with Gasteiger partial charge in [-0.25, -0.2) is 0 Å². The zero-order chi connectivity index (χ0) is 19.3. The fourth-order valence-corrected chi connectivity index (χ4v) is 3.58. The predicted octanol–water partition coefficient (Wildman–Crippen LogP) is 5.79. The topological polar surface area (TPSA) is 41.5 Å². The Bertz CT molecular complexity index is 843. The second-order valence-corrected chi connectivity index (χ2v) is 8.74. The van der Waals surface area contributed by atoms with Gasteiger partial charge in [0, 0.05) is 23.5 Å². The first-order valence-electron chi connectivity index (χ1n) is 9.29. The van der Waals surface area contributed by atoms with Gasteiger partial charge in [0.1, 0.15) is 0 Å². The zero-order valence-corrected chi connectivity index (χ0v) is 17.0. The van der Waals surface area contributed by atoms with Crippen molar-refractivity contribution in [3.8, 4) is 0 Å². The minimum absolute atomic E-state index is 0.00540. The third-order valence-corrected chi connectivity index (χ3v) is 5.42. The fraction of sp³-hybridized carbons (Fsp3) is 0.304. The first-order valence-corrected chi connectivity index (χ1v) is 10.3. The first kappa shape index (κ1) is 19.4. The number of benzene rings is 2. The molecule has 1 aliphatic rings. The largest absolute Gasteiger partial charge is 0.335 e. The molecule has 0 saturated heterocycles. The second-order valence-electron chi connectivity index (χ2n) is 7.66. The number of allylic oxidation sites excluding steroid dienone is 1. The standard InChI is InChI=1S/C23H26N2OS/c1-23(2,3)19-10-5-17(6-11-19)7-14-21(26)18-8-12-20(13-9-18)25-22-24-15-4-16-27-22/h5-14H,4,15-16H2,1-3H3,(H,24,25)/b14-7+. The van der Waals surface area contributed by atoms with Crippen LogP contribution in [-0.2, 0) is 5.41 Å². The number of aliphatic imine (C=N–C) groups is 1. The summed E-state index contributed by atoms with van der Waals surface area (Å²) in [6, 6.07) is 15.9. The van der Waals surface area contributed by atoms with E-state index in [2.05, 4.69) is 55.3 Å². The van der Waals surface area contributed by atoms with E-state index in [1.165, 1.54) is 5.56 Å². The van der Waals surface area contributed by atoms with Crippen LogP contribution in [-0.4, -0.2) is 23.2 Å². The molecule has 0 amide bonds. The number of carbonyl (C=O) groups excluding carboxylic acids is 1. The van der Waals surface area contributed by atoms with E-state index in [9.17, 15) is 4.79 Å². The second kappa shape index (κ2) is 8.57. The van der Waals surface area contributed by atoms with Crippen LogP contribution in [0.4, 0.5) is 5.69 Å². The molecule has 0 spiro atoms. The van der Waals surface area contributed by atoms with Gasteiger partial charge in [0.15, 0.2) is 11.0 Å². The highest BCUT2D eigenvalue weighted by molar-refractivity contribution is 8.14. The lowest BCUT2D eigenvalue weighted by molar-refractivity contribution is 0.104. The van der Waals surface area contributed by atoms with E-state index in [4.69, 9.17) is 0 Å². The van der Waals surface area contributed by atoms with Gasteiger partial charge in [0.25, 0.3) is 0 Å². The molecule has 4 heteroatoms. The number of nitrogens with one attached hydrogen (secondary N) is 1. The summed E-state index contributed by atoms with van der Waals surface area (Å²) in [6.07, 6.45) is 4.64. The van der Waals surface area contributed by atoms with Gasteiger partial charge in [-0.05, 0) is 53.3 Å². The summed E-state index contributed by atoms with van der Waals surface area (Å²) >= 11 is 1.74. The van der Waals surface area contributed by atoms with Crippen molar-refractivity contribution in [2.24, 2.45) is 4.99 Å². The molecular formula is C23H26N2OS. The molecule has 3 nitrogen and oxygen atoms in total. The van der Waals surface area contributed by atoms with Crippen LogP contribution in [0.3, 0.4) is 0 Å². The maximum absolute atomic E-state index is 12.4. The number of thioether (sulfide) groups is 1. The van der Waals surface area contributed by atoms with Crippen molar-refractivity contribution in [2.45, 2.75) is 32.6 Å². The third kappa shape index (κ3) is 5.57. The smallest absolute Gasteiger partial charge is 0.185 e. The summed E-state index contributed by atoms with van der Waals surface area (Å²) in [6.45, 7) is 7.46.